The third kappa shape index (κ3) is 5.00. The van der Waals surface area contributed by atoms with Crippen LogP contribution in [-0.2, 0) is 9.53 Å². The Bertz CT molecular complexity index is 1640. The molecule has 12 heteroatoms. The minimum absolute atomic E-state index is 0.0665. The lowest BCUT2D eigenvalue weighted by molar-refractivity contribution is -0.124. The van der Waals surface area contributed by atoms with Crippen molar-refractivity contribution in [3.05, 3.63) is 58.1 Å². The number of carbonyl (C=O) groups excluding carboxylic acids is 1. The molecule has 1 unspecified atom stereocenters. The summed E-state index contributed by atoms with van der Waals surface area (Å²) in [6, 6.07) is 5.38. The number of ketones is 1. The van der Waals surface area contributed by atoms with Gasteiger partial charge in [0.05, 0.1) is 17.4 Å². The van der Waals surface area contributed by atoms with Crippen LogP contribution >= 0.6 is 11.5 Å². The lowest BCUT2D eigenvalue weighted by atomic mass is 9.90. The van der Waals surface area contributed by atoms with Crippen LogP contribution in [0.15, 0.2) is 41.6 Å². The summed E-state index contributed by atoms with van der Waals surface area (Å²) in [7, 11) is 0. The van der Waals surface area contributed by atoms with Gasteiger partial charge in [0.15, 0.2) is 11.5 Å². The molecule has 0 aromatic carbocycles. The highest BCUT2D eigenvalue weighted by Gasteiger charge is 2.34. The third-order valence-corrected chi connectivity index (χ3v) is 8.28. The molecule has 40 heavy (non-hydrogen) atoms. The number of pyridine rings is 3. The number of nitrogens with zero attached hydrogens (tertiary/aromatic N) is 6. The van der Waals surface area contributed by atoms with Gasteiger partial charge in [-0.3, -0.25) is 19.1 Å². The number of aromatic nitrogens is 5. The molecule has 6 rings (SSSR count). The summed E-state index contributed by atoms with van der Waals surface area (Å²) in [5.74, 6) is -0.0972. The molecule has 4 aromatic rings. The van der Waals surface area contributed by atoms with Crippen molar-refractivity contribution in [2.75, 3.05) is 24.6 Å². The average Bonchev–Trinajstić information content (AvgIpc) is 3.42. The Kier molecular flexibility index (Phi) is 7.11. The van der Waals surface area contributed by atoms with Crippen LogP contribution in [0.4, 0.5) is 5.82 Å². The van der Waals surface area contributed by atoms with Crippen LogP contribution in [0, 0.1) is 12.8 Å². The summed E-state index contributed by atoms with van der Waals surface area (Å²) in [5.41, 5.74) is 0.630. The van der Waals surface area contributed by atoms with Crippen molar-refractivity contribution in [3.63, 3.8) is 0 Å². The van der Waals surface area contributed by atoms with E-state index in [-0.39, 0.29) is 28.8 Å². The maximum atomic E-state index is 13.2. The fraction of sp³-hybridized carbons (Fsp3) is 0.393. The molecule has 206 valence electrons. The molecule has 0 bridgehead atoms. The molecule has 6 heterocycles. The number of hydrogen-bond acceptors (Lipinski definition) is 10. The Hall–Kier alpha value is -4.03. The molecule has 2 saturated heterocycles. The SMILES string of the molecule is Cc1cc(N2CC(C(=O)CCC3CCCCO3)C2)nc2c1c(=O)c(C(=O)O)cn2-c1nc(-c2cccnc2)ns1. The van der Waals surface area contributed by atoms with Gasteiger partial charge in [0.1, 0.15) is 17.2 Å². The summed E-state index contributed by atoms with van der Waals surface area (Å²) in [6.45, 7) is 3.63. The standard InChI is InChI=1S/C28H28N6O5S/c1-16-11-22(33-13-18(14-33)21(35)8-7-19-6-2-3-10-39-19)30-26-23(16)24(36)20(27(37)38)15-34(26)28-31-25(32-40-28)17-5-4-9-29-12-17/h4-5,9,11-12,15,18-19H,2-3,6-8,10,13-14H2,1H3,(H,37,38). The molecular formula is C28H28N6O5S. The van der Waals surface area contributed by atoms with E-state index < -0.39 is 11.4 Å². The van der Waals surface area contributed by atoms with Crippen LogP contribution in [0.5, 0.6) is 0 Å². The molecule has 4 aromatic heterocycles. The molecule has 0 amide bonds. The largest absolute Gasteiger partial charge is 0.477 e. The Morgan fingerprint density at radius 2 is 2.08 bits per heavy atom. The minimum atomic E-state index is -1.33. The van der Waals surface area contributed by atoms with Gasteiger partial charge in [-0.1, -0.05) is 0 Å². The zero-order chi connectivity index (χ0) is 27.8. The van der Waals surface area contributed by atoms with Gasteiger partial charge in [0.2, 0.25) is 10.6 Å². The smallest absolute Gasteiger partial charge is 0.341 e. The van der Waals surface area contributed by atoms with Crippen molar-refractivity contribution >= 4 is 40.1 Å². The average molecular weight is 561 g/mol. The van der Waals surface area contributed by atoms with Crippen molar-refractivity contribution in [1.82, 2.24) is 23.9 Å². The lowest BCUT2D eigenvalue weighted by Crippen LogP contribution is -2.51. The molecule has 1 atom stereocenters. The highest BCUT2D eigenvalue weighted by atomic mass is 32.1. The monoisotopic (exact) mass is 560 g/mol. The highest BCUT2D eigenvalue weighted by molar-refractivity contribution is 7.08. The number of aryl methyl sites for hydroxylation is 1. The number of Topliss-reactive ketones (excluding diaryl/α,β-unsaturated/α-hetero) is 1. The van der Waals surface area contributed by atoms with E-state index in [9.17, 15) is 19.5 Å². The number of hydrogen-bond donors (Lipinski definition) is 1. The van der Waals surface area contributed by atoms with Gasteiger partial charge in [-0.15, -0.1) is 0 Å². The number of carboxylic acid groups (broad SMARTS) is 1. The van der Waals surface area contributed by atoms with E-state index in [1.165, 1.54) is 10.8 Å². The first-order chi connectivity index (χ1) is 19.4. The second-order valence-electron chi connectivity index (χ2n) is 10.3. The quantitative estimate of drug-likeness (QED) is 0.339. The van der Waals surface area contributed by atoms with Crippen molar-refractivity contribution in [3.8, 4) is 16.5 Å². The maximum Gasteiger partial charge on any atom is 0.341 e. The van der Waals surface area contributed by atoms with E-state index in [4.69, 9.17) is 9.72 Å². The zero-order valence-corrected chi connectivity index (χ0v) is 22.8. The molecule has 0 aliphatic carbocycles. The van der Waals surface area contributed by atoms with Crippen molar-refractivity contribution in [1.29, 1.82) is 0 Å². The highest BCUT2D eigenvalue weighted by Crippen LogP contribution is 2.30. The second kappa shape index (κ2) is 10.9. The predicted molar refractivity (Wildman–Crippen MR) is 149 cm³/mol. The number of aromatic carboxylic acids is 1. The summed E-state index contributed by atoms with van der Waals surface area (Å²) >= 11 is 1.07. The van der Waals surface area contributed by atoms with Gasteiger partial charge >= 0.3 is 5.97 Å². The molecule has 2 fully saturated rings. The number of rotatable bonds is 8. The van der Waals surface area contributed by atoms with Crippen molar-refractivity contribution < 1.29 is 19.4 Å². The van der Waals surface area contributed by atoms with Gasteiger partial charge in [0, 0.05) is 61.8 Å². The van der Waals surface area contributed by atoms with E-state index in [1.54, 1.807) is 31.5 Å². The Balaban J connectivity index is 1.29. The number of carboxylic acids is 1. The summed E-state index contributed by atoms with van der Waals surface area (Å²) in [4.78, 5) is 53.4. The molecule has 0 saturated carbocycles. The van der Waals surface area contributed by atoms with Crippen LogP contribution in [0.25, 0.3) is 27.6 Å². The van der Waals surface area contributed by atoms with E-state index in [0.29, 0.717) is 53.1 Å². The van der Waals surface area contributed by atoms with Gasteiger partial charge in [-0.05, 0) is 56.4 Å². The van der Waals surface area contributed by atoms with E-state index in [1.807, 2.05) is 11.0 Å². The van der Waals surface area contributed by atoms with Gasteiger partial charge in [0.25, 0.3) is 0 Å². The molecule has 2 aliphatic heterocycles. The Morgan fingerprint density at radius 3 is 2.80 bits per heavy atom. The van der Waals surface area contributed by atoms with Crippen LogP contribution in [-0.4, -0.2) is 66.6 Å². The van der Waals surface area contributed by atoms with Crippen LogP contribution in [0.2, 0.25) is 0 Å². The van der Waals surface area contributed by atoms with Gasteiger partial charge in [-0.25, -0.2) is 9.78 Å². The van der Waals surface area contributed by atoms with Crippen molar-refractivity contribution in [2.45, 2.75) is 45.1 Å². The van der Waals surface area contributed by atoms with Gasteiger partial charge < -0.3 is 14.7 Å². The number of ether oxygens (including phenoxy) is 1. The third-order valence-electron chi connectivity index (χ3n) is 7.56. The number of anilines is 1. The fourth-order valence-electron chi connectivity index (χ4n) is 5.27. The zero-order valence-electron chi connectivity index (χ0n) is 21.9. The Morgan fingerprint density at radius 1 is 1.23 bits per heavy atom. The molecule has 2 aliphatic rings. The number of fused-ring (bicyclic) bond motifs is 1. The van der Waals surface area contributed by atoms with E-state index in [0.717, 1.165) is 43.8 Å². The molecule has 0 radical (unpaired) electrons. The molecule has 1 N–H and O–H groups in total. The van der Waals surface area contributed by atoms with Crippen LogP contribution in [0.1, 0.15) is 48.0 Å². The fourth-order valence-corrected chi connectivity index (χ4v) is 5.94. The Labute approximate surface area is 233 Å². The summed E-state index contributed by atoms with van der Waals surface area (Å²) in [6.07, 6.45) is 9.29. The summed E-state index contributed by atoms with van der Waals surface area (Å²) < 4.78 is 11.7. The topological polar surface area (TPSA) is 140 Å². The first kappa shape index (κ1) is 26.2. The van der Waals surface area contributed by atoms with Crippen LogP contribution < -0.4 is 10.3 Å². The molecule has 11 nitrogen and oxygen atoms in total. The normalized spacial score (nSPS) is 17.6. The first-order valence-electron chi connectivity index (χ1n) is 13.3. The first-order valence-corrected chi connectivity index (χ1v) is 14.1. The van der Waals surface area contributed by atoms with Crippen molar-refractivity contribution in [2.24, 2.45) is 5.92 Å². The lowest BCUT2D eigenvalue weighted by Gasteiger charge is -2.39. The maximum absolute atomic E-state index is 13.2. The van der Waals surface area contributed by atoms with E-state index >= 15 is 0 Å². The van der Waals surface area contributed by atoms with Crippen LogP contribution in [0.3, 0.4) is 0 Å². The van der Waals surface area contributed by atoms with E-state index in [2.05, 4.69) is 14.3 Å². The second-order valence-corrected chi connectivity index (χ2v) is 11.0. The predicted octanol–water partition coefficient (Wildman–Crippen LogP) is 3.66. The molecule has 0 spiro atoms. The number of carbonyl (C=O) groups is 2. The summed E-state index contributed by atoms with van der Waals surface area (Å²) in [5, 5.41) is 10.3. The van der Waals surface area contributed by atoms with Gasteiger partial charge in [-0.2, -0.15) is 9.36 Å². The minimum Gasteiger partial charge on any atom is -0.477 e. The molecular weight excluding hydrogens is 532 g/mol.